The fraction of sp³-hybridized carbons (Fsp3) is 0.375. The maximum atomic E-state index is 5.11. The van der Waals surface area contributed by atoms with E-state index in [2.05, 4.69) is 20.4 Å². The summed E-state index contributed by atoms with van der Waals surface area (Å²) in [5.74, 6) is 1.49. The Hall–Kier alpha value is -1.69. The van der Waals surface area contributed by atoms with Crippen LogP contribution in [-0.2, 0) is 6.54 Å². The lowest BCUT2D eigenvalue weighted by Crippen LogP contribution is -2.06. The molecule has 74 valence electrons. The van der Waals surface area contributed by atoms with Gasteiger partial charge >= 0.3 is 0 Å². The summed E-state index contributed by atoms with van der Waals surface area (Å²) in [5, 5.41) is 6.69. The number of nitrogens with one attached hydrogen (secondary N) is 1. The smallest absolute Gasteiger partial charge is 0.295 e. The van der Waals surface area contributed by atoms with Crippen molar-refractivity contribution in [3.05, 3.63) is 17.9 Å². The van der Waals surface area contributed by atoms with Crippen molar-refractivity contribution in [1.82, 2.24) is 20.4 Å². The molecule has 2 aromatic heterocycles. The molecule has 0 aliphatic rings. The highest BCUT2D eigenvalue weighted by molar-refractivity contribution is 5.46. The molecule has 0 saturated heterocycles. The van der Waals surface area contributed by atoms with Crippen LogP contribution in [0.15, 0.2) is 15.3 Å². The lowest BCUT2D eigenvalue weighted by molar-refractivity contribution is 0.407. The van der Waals surface area contributed by atoms with Crippen molar-refractivity contribution in [3.63, 3.8) is 0 Å². The fourth-order valence-electron chi connectivity index (χ4n) is 1.08. The van der Waals surface area contributed by atoms with E-state index in [-0.39, 0.29) is 0 Å². The topological polar surface area (TPSA) is 77.0 Å². The molecule has 2 heterocycles. The molecule has 0 aromatic carbocycles. The van der Waals surface area contributed by atoms with E-state index in [1.165, 1.54) is 6.39 Å². The number of hydrogen-bond donors (Lipinski definition) is 1. The van der Waals surface area contributed by atoms with E-state index in [9.17, 15) is 0 Å². The molecule has 0 radical (unpaired) electrons. The third kappa shape index (κ3) is 1.51. The number of rotatable bonds is 3. The van der Waals surface area contributed by atoms with Gasteiger partial charge in [0.05, 0.1) is 12.2 Å². The van der Waals surface area contributed by atoms with E-state index in [0.717, 1.165) is 5.69 Å². The fourth-order valence-corrected chi connectivity index (χ4v) is 1.08. The molecule has 0 aliphatic heterocycles. The molecule has 0 atom stereocenters. The molecular weight excluding hydrogens is 184 g/mol. The van der Waals surface area contributed by atoms with Gasteiger partial charge in [-0.3, -0.25) is 0 Å². The molecule has 0 unspecified atom stereocenters. The van der Waals surface area contributed by atoms with Crippen LogP contribution in [0.3, 0.4) is 0 Å². The van der Waals surface area contributed by atoms with Gasteiger partial charge in [-0.1, -0.05) is 5.16 Å². The predicted octanol–water partition coefficient (Wildman–Crippen LogP) is 0.752. The van der Waals surface area contributed by atoms with Gasteiger partial charge in [0.2, 0.25) is 5.76 Å². The second-order valence-corrected chi connectivity index (χ2v) is 2.81. The molecule has 14 heavy (non-hydrogen) atoms. The average molecular weight is 194 g/mol. The maximum absolute atomic E-state index is 5.11. The van der Waals surface area contributed by atoms with Crippen molar-refractivity contribution in [2.45, 2.75) is 13.5 Å². The van der Waals surface area contributed by atoms with E-state index >= 15 is 0 Å². The number of nitrogens with zero attached hydrogens (tertiary/aromatic N) is 3. The van der Waals surface area contributed by atoms with Crippen LogP contribution in [0.25, 0.3) is 11.7 Å². The highest BCUT2D eigenvalue weighted by atomic mass is 16.5. The molecule has 0 spiro atoms. The summed E-state index contributed by atoms with van der Waals surface area (Å²) < 4.78 is 10.1. The van der Waals surface area contributed by atoms with E-state index in [0.29, 0.717) is 24.0 Å². The van der Waals surface area contributed by atoms with Gasteiger partial charge in [0.1, 0.15) is 0 Å². The first-order valence-electron chi connectivity index (χ1n) is 4.19. The molecule has 0 bridgehead atoms. The number of oxazole rings is 1. The molecular formula is C8H10N4O2. The molecule has 0 aliphatic carbocycles. The third-order valence-corrected chi connectivity index (χ3v) is 1.74. The predicted molar refractivity (Wildman–Crippen MR) is 47.3 cm³/mol. The van der Waals surface area contributed by atoms with Crippen LogP contribution in [0.5, 0.6) is 0 Å². The van der Waals surface area contributed by atoms with Crippen LogP contribution in [0.4, 0.5) is 0 Å². The number of aromatic nitrogens is 3. The number of aryl methyl sites for hydroxylation is 1. The Morgan fingerprint density at radius 2 is 2.36 bits per heavy atom. The maximum Gasteiger partial charge on any atom is 0.295 e. The standard InChI is InChI=1S/C8H10N4O2/c1-5-7(13-4-10-5)8-11-6(3-9-2)12-14-8/h4,9H,3H2,1-2H3. The summed E-state index contributed by atoms with van der Waals surface area (Å²) >= 11 is 0. The Morgan fingerprint density at radius 1 is 1.50 bits per heavy atom. The average Bonchev–Trinajstić information content (AvgIpc) is 2.74. The van der Waals surface area contributed by atoms with E-state index in [1.807, 2.05) is 14.0 Å². The van der Waals surface area contributed by atoms with Crippen LogP contribution in [-0.4, -0.2) is 22.2 Å². The highest BCUT2D eigenvalue weighted by Gasteiger charge is 2.14. The molecule has 0 saturated carbocycles. The summed E-state index contributed by atoms with van der Waals surface area (Å²) in [6.45, 7) is 2.39. The molecule has 1 N–H and O–H groups in total. The quantitative estimate of drug-likeness (QED) is 0.776. The van der Waals surface area contributed by atoms with Gasteiger partial charge in [0, 0.05) is 0 Å². The number of hydrogen-bond acceptors (Lipinski definition) is 6. The second-order valence-electron chi connectivity index (χ2n) is 2.81. The summed E-state index contributed by atoms with van der Waals surface area (Å²) in [6, 6.07) is 0. The van der Waals surface area contributed by atoms with E-state index in [1.54, 1.807) is 0 Å². The zero-order valence-electron chi connectivity index (χ0n) is 7.94. The summed E-state index contributed by atoms with van der Waals surface area (Å²) in [6.07, 6.45) is 1.35. The molecule has 0 amide bonds. The lowest BCUT2D eigenvalue weighted by Gasteiger charge is -1.87. The Bertz CT molecular complexity index is 420. The zero-order chi connectivity index (χ0) is 9.97. The Labute approximate surface area is 80.3 Å². The minimum atomic E-state index is 0.366. The Morgan fingerprint density at radius 3 is 3.00 bits per heavy atom. The van der Waals surface area contributed by atoms with Crippen LogP contribution in [0, 0.1) is 6.92 Å². The molecule has 0 fully saturated rings. The van der Waals surface area contributed by atoms with Crippen molar-refractivity contribution in [2.24, 2.45) is 0 Å². The third-order valence-electron chi connectivity index (χ3n) is 1.74. The van der Waals surface area contributed by atoms with Gasteiger partial charge in [-0.05, 0) is 14.0 Å². The van der Waals surface area contributed by atoms with Gasteiger partial charge < -0.3 is 14.3 Å². The molecule has 6 nitrogen and oxygen atoms in total. The lowest BCUT2D eigenvalue weighted by atomic mass is 10.4. The normalized spacial score (nSPS) is 10.7. The Balaban J connectivity index is 2.29. The van der Waals surface area contributed by atoms with Crippen molar-refractivity contribution in [1.29, 1.82) is 0 Å². The summed E-state index contributed by atoms with van der Waals surface area (Å²) in [7, 11) is 1.82. The first kappa shape index (κ1) is 8.89. The first-order valence-corrected chi connectivity index (χ1v) is 4.19. The second kappa shape index (κ2) is 3.59. The van der Waals surface area contributed by atoms with Crippen molar-refractivity contribution >= 4 is 0 Å². The molecule has 2 rings (SSSR count). The first-order chi connectivity index (χ1) is 6.81. The van der Waals surface area contributed by atoms with Crippen LogP contribution in [0.2, 0.25) is 0 Å². The van der Waals surface area contributed by atoms with Gasteiger partial charge in [-0.15, -0.1) is 0 Å². The van der Waals surface area contributed by atoms with Gasteiger partial charge in [-0.2, -0.15) is 4.98 Å². The largest absolute Gasteiger partial charge is 0.438 e. The van der Waals surface area contributed by atoms with Crippen LogP contribution in [0.1, 0.15) is 11.5 Å². The molecule has 2 aromatic rings. The highest BCUT2D eigenvalue weighted by Crippen LogP contribution is 2.19. The van der Waals surface area contributed by atoms with E-state index in [4.69, 9.17) is 8.94 Å². The molecule has 6 heteroatoms. The minimum absolute atomic E-state index is 0.366. The van der Waals surface area contributed by atoms with Crippen molar-refractivity contribution in [3.8, 4) is 11.7 Å². The van der Waals surface area contributed by atoms with Crippen LogP contribution < -0.4 is 5.32 Å². The monoisotopic (exact) mass is 194 g/mol. The van der Waals surface area contributed by atoms with Gasteiger partial charge in [-0.25, -0.2) is 4.98 Å². The summed E-state index contributed by atoms with van der Waals surface area (Å²) in [4.78, 5) is 8.07. The van der Waals surface area contributed by atoms with Crippen LogP contribution >= 0.6 is 0 Å². The van der Waals surface area contributed by atoms with Crippen molar-refractivity contribution in [2.75, 3.05) is 7.05 Å². The SMILES string of the molecule is CNCc1noc(-c2ocnc2C)n1. The van der Waals surface area contributed by atoms with Gasteiger partial charge in [0.15, 0.2) is 12.2 Å². The Kier molecular flexibility index (Phi) is 2.28. The van der Waals surface area contributed by atoms with E-state index < -0.39 is 0 Å². The minimum Gasteiger partial charge on any atom is -0.438 e. The summed E-state index contributed by atoms with van der Waals surface area (Å²) in [5.41, 5.74) is 0.740. The zero-order valence-corrected chi connectivity index (χ0v) is 7.94. The van der Waals surface area contributed by atoms with Crippen molar-refractivity contribution < 1.29 is 8.94 Å². The van der Waals surface area contributed by atoms with Gasteiger partial charge in [0.25, 0.3) is 5.89 Å².